The number of amides is 4. The fraction of sp³-hybridized carbons (Fsp3) is 0.174. The van der Waals surface area contributed by atoms with E-state index in [-0.39, 0.29) is 30.2 Å². The molecule has 2 aliphatic rings. The van der Waals surface area contributed by atoms with Crippen LogP contribution in [0.2, 0.25) is 0 Å². The highest BCUT2D eigenvalue weighted by Gasteiger charge is 2.35. The van der Waals surface area contributed by atoms with Crippen LogP contribution >= 0.6 is 11.3 Å². The number of nitrogens with zero attached hydrogens (tertiary/aromatic N) is 2. The number of hydrogen-bond donors (Lipinski definition) is 2. The number of benzene rings is 2. The molecule has 0 atom stereocenters. The number of anilines is 2. The van der Waals surface area contributed by atoms with Crippen LogP contribution in [0.25, 0.3) is 0 Å². The lowest BCUT2D eigenvalue weighted by atomic mass is 10.0. The third-order valence-corrected chi connectivity index (χ3v) is 6.36. The van der Waals surface area contributed by atoms with Crippen LogP contribution in [0.4, 0.5) is 10.8 Å². The molecule has 1 aromatic heterocycles. The van der Waals surface area contributed by atoms with Crippen molar-refractivity contribution in [2.24, 2.45) is 0 Å². The lowest BCUT2D eigenvalue weighted by Crippen LogP contribution is -2.28. The number of carbonyl (C=O) groups excluding carboxylic acids is 4. The van der Waals surface area contributed by atoms with Gasteiger partial charge in [0.15, 0.2) is 5.13 Å². The van der Waals surface area contributed by atoms with Gasteiger partial charge in [0, 0.05) is 28.7 Å². The van der Waals surface area contributed by atoms with Gasteiger partial charge in [0.1, 0.15) is 0 Å². The Bertz CT molecular complexity index is 1250. The number of aromatic nitrogens is 1. The van der Waals surface area contributed by atoms with Gasteiger partial charge in [-0.3, -0.25) is 29.4 Å². The van der Waals surface area contributed by atoms with E-state index in [9.17, 15) is 19.2 Å². The molecule has 0 saturated heterocycles. The minimum absolute atomic E-state index is 0.0191. The molecule has 0 aliphatic carbocycles. The molecule has 0 saturated carbocycles. The first kappa shape index (κ1) is 20.1. The zero-order valence-electron chi connectivity index (χ0n) is 16.9. The first-order chi connectivity index (χ1) is 15.5. The van der Waals surface area contributed by atoms with Gasteiger partial charge in [-0.15, -0.1) is 0 Å². The number of imide groups is 1. The first-order valence-corrected chi connectivity index (χ1v) is 11.0. The van der Waals surface area contributed by atoms with E-state index < -0.39 is 0 Å². The predicted octanol–water partition coefficient (Wildman–Crippen LogP) is 3.47. The molecule has 2 aliphatic heterocycles. The molecular formula is C23H18N4O4S. The van der Waals surface area contributed by atoms with Crippen LogP contribution in [0, 0.1) is 0 Å². The van der Waals surface area contributed by atoms with Crippen molar-refractivity contribution >= 4 is 45.8 Å². The van der Waals surface area contributed by atoms with Crippen LogP contribution < -0.4 is 10.6 Å². The zero-order valence-corrected chi connectivity index (χ0v) is 17.7. The second kappa shape index (κ2) is 8.01. The zero-order chi connectivity index (χ0) is 22.2. The SMILES string of the molecule is O=C1CCCc2cc(C(=O)Nc3ncc(CN4C(=O)c5ccccc5C4=O)s3)ccc2N1. The lowest BCUT2D eigenvalue weighted by molar-refractivity contribution is -0.116. The molecule has 0 bridgehead atoms. The summed E-state index contributed by atoms with van der Waals surface area (Å²) in [5, 5.41) is 6.00. The first-order valence-electron chi connectivity index (χ1n) is 10.1. The molecule has 160 valence electrons. The molecule has 3 aromatic rings. The number of nitrogens with one attached hydrogen (secondary N) is 2. The Hall–Kier alpha value is -3.85. The van der Waals surface area contributed by atoms with Gasteiger partial charge in [-0.2, -0.15) is 0 Å². The largest absolute Gasteiger partial charge is 0.326 e. The topological polar surface area (TPSA) is 108 Å². The Morgan fingerprint density at radius 1 is 1.06 bits per heavy atom. The summed E-state index contributed by atoms with van der Waals surface area (Å²) in [4.78, 5) is 55.6. The Morgan fingerprint density at radius 2 is 1.81 bits per heavy atom. The van der Waals surface area contributed by atoms with Gasteiger partial charge in [-0.25, -0.2) is 4.98 Å². The summed E-state index contributed by atoms with van der Waals surface area (Å²) in [5.74, 6) is -0.998. The molecule has 2 N–H and O–H groups in total. The van der Waals surface area contributed by atoms with Gasteiger partial charge < -0.3 is 5.32 Å². The molecule has 0 radical (unpaired) electrons. The van der Waals surface area contributed by atoms with E-state index in [4.69, 9.17) is 0 Å². The summed E-state index contributed by atoms with van der Waals surface area (Å²) in [7, 11) is 0. The van der Waals surface area contributed by atoms with Gasteiger partial charge in [-0.1, -0.05) is 23.5 Å². The predicted molar refractivity (Wildman–Crippen MR) is 119 cm³/mol. The molecule has 0 fully saturated rings. The van der Waals surface area contributed by atoms with Crippen molar-refractivity contribution in [3.63, 3.8) is 0 Å². The molecule has 32 heavy (non-hydrogen) atoms. The molecule has 0 spiro atoms. The highest BCUT2D eigenvalue weighted by atomic mass is 32.1. The molecule has 0 unspecified atom stereocenters. The fourth-order valence-corrected chi connectivity index (χ4v) is 4.66. The third-order valence-electron chi connectivity index (χ3n) is 5.46. The average Bonchev–Trinajstić information content (AvgIpc) is 3.25. The van der Waals surface area contributed by atoms with Crippen molar-refractivity contribution in [3.05, 3.63) is 75.8 Å². The monoisotopic (exact) mass is 446 g/mol. The highest BCUT2D eigenvalue weighted by Crippen LogP contribution is 2.28. The standard InChI is InChI=1S/C23H18N4O4S/c28-19-7-3-4-13-10-14(8-9-18(13)25-19)20(29)26-23-24-11-15(32-23)12-27-21(30)16-5-1-2-6-17(16)22(27)31/h1-2,5-6,8-11H,3-4,7,12H2,(H,25,28)(H,24,26,29). The van der Waals surface area contributed by atoms with E-state index in [0.717, 1.165) is 24.1 Å². The minimum atomic E-state index is -0.332. The second-order valence-electron chi connectivity index (χ2n) is 7.60. The highest BCUT2D eigenvalue weighted by molar-refractivity contribution is 7.15. The van der Waals surface area contributed by atoms with Crippen molar-refractivity contribution < 1.29 is 19.2 Å². The summed E-state index contributed by atoms with van der Waals surface area (Å²) in [5.41, 5.74) is 2.93. The molecule has 3 heterocycles. The van der Waals surface area contributed by atoms with E-state index in [1.165, 1.54) is 16.2 Å². The van der Waals surface area contributed by atoms with E-state index in [1.807, 2.05) is 0 Å². The van der Waals surface area contributed by atoms with Crippen molar-refractivity contribution in [3.8, 4) is 0 Å². The number of carbonyl (C=O) groups is 4. The van der Waals surface area contributed by atoms with Crippen LogP contribution in [0.5, 0.6) is 0 Å². The molecule has 5 rings (SSSR count). The maximum atomic E-state index is 12.7. The van der Waals surface area contributed by atoms with E-state index in [0.29, 0.717) is 33.1 Å². The van der Waals surface area contributed by atoms with Gasteiger partial charge in [-0.05, 0) is 48.7 Å². The Labute approximate surface area is 187 Å². The van der Waals surface area contributed by atoms with Crippen LogP contribution in [0.3, 0.4) is 0 Å². The van der Waals surface area contributed by atoms with Crippen LogP contribution in [0.15, 0.2) is 48.7 Å². The lowest BCUT2D eigenvalue weighted by Gasteiger charge is -2.11. The summed E-state index contributed by atoms with van der Waals surface area (Å²) < 4.78 is 0. The Balaban J connectivity index is 1.27. The van der Waals surface area contributed by atoms with Crippen molar-refractivity contribution in [2.75, 3.05) is 10.6 Å². The van der Waals surface area contributed by atoms with Crippen LogP contribution in [-0.4, -0.2) is 33.5 Å². The van der Waals surface area contributed by atoms with Gasteiger partial charge in [0.25, 0.3) is 17.7 Å². The van der Waals surface area contributed by atoms with Crippen LogP contribution in [-0.2, 0) is 17.8 Å². The number of rotatable bonds is 4. The Kier molecular flexibility index (Phi) is 5.02. The van der Waals surface area contributed by atoms with Gasteiger partial charge in [0.05, 0.1) is 17.7 Å². The average molecular weight is 446 g/mol. The third kappa shape index (κ3) is 3.67. The summed E-state index contributed by atoms with van der Waals surface area (Å²) >= 11 is 1.21. The Morgan fingerprint density at radius 3 is 2.56 bits per heavy atom. The van der Waals surface area contributed by atoms with Gasteiger partial charge >= 0.3 is 0 Å². The smallest absolute Gasteiger partial charge is 0.261 e. The number of hydrogen-bond acceptors (Lipinski definition) is 6. The molecular weight excluding hydrogens is 428 g/mol. The fourth-order valence-electron chi connectivity index (χ4n) is 3.86. The molecule has 9 heteroatoms. The van der Waals surface area contributed by atoms with Crippen molar-refractivity contribution in [1.82, 2.24) is 9.88 Å². The van der Waals surface area contributed by atoms with Gasteiger partial charge in [0.2, 0.25) is 5.91 Å². The normalized spacial score (nSPS) is 15.1. The molecule has 8 nitrogen and oxygen atoms in total. The maximum Gasteiger partial charge on any atom is 0.261 e. The van der Waals surface area contributed by atoms with E-state index >= 15 is 0 Å². The van der Waals surface area contributed by atoms with E-state index in [2.05, 4.69) is 15.6 Å². The van der Waals surface area contributed by atoms with Crippen molar-refractivity contribution in [1.29, 1.82) is 0 Å². The summed E-state index contributed by atoms with van der Waals surface area (Å²) in [6.45, 7) is 0.0957. The van der Waals surface area contributed by atoms with Crippen molar-refractivity contribution in [2.45, 2.75) is 25.8 Å². The molecule has 2 aromatic carbocycles. The number of thiazole rings is 1. The molecule has 4 amide bonds. The maximum absolute atomic E-state index is 12.7. The minimum Gasteiger partial charge on any atom is -0.326 e. The number of aryl methyl sites for hydroxylation is 1. The quantitative estimate of drug-likeness (QED) is 0.597. The summed E-state index contributed by atoms with van der Waals surface area (Å²) in [6, 6.07) is 11.9. The summed E-state index contributed by atoms with van der Waals surface area (Å²) in [6.07, 6.45) is 3.47. The van der Waals surface area contributed by atoms with Crippen LogP contribution in [0.1, 0.15) is 54.4 Å². The second-order valence-corrected chi connectivity index (χ2v) is 8.72. The number of fused-ring (bicyclic) bond motifs is 2. The van der Waals surface area contributed by atoms with E-state index in [1.54, 1.807) is 48.7 Å².